The number of hydrogen-bond donors (Lipinski definition) is 1. The lowest BCUT2D eigenvalue weighted by Gasteiger charge is -2.07. The third kappa shape index (κ3) is 2.17. The van der Waals surface area contributed by atoms with Crippen LogP contribution in [0, 0.1) is 6.92 Å². The Morgan fingerprint density at radius 1 is 1.75 bits per heavy atom. The molecular weight excluding hydrogens is 148 g/mol. The molecule has 0 amide bonds. The van der Waals surface area contributed by atoms with Crippen molar-refractivity contribution < 1.29 is 0 Å². The SMILES string of the molecule is C=CCC(N)c1cc(C)ccn1. The van der Waals surface area contributed by atoms with Crippen molar-refractivity contribution in [2.45, 2.75) is 19.4 Å². The molecule has 1 heterocycles. The summed E-state index contributed by atoms with van der Waals surface area (Å²) >= 11 is 0. The monoisotopic (exact) mass is 162 g/mol. The Labute approximate surface area is 73.1 Å². The summed E-state index contributed by atoms with van der Waals surface area (Å²) in [5.41, 5.74) is 7.97. The number of pyridine rings is 1. The van der Waals surface area contributed by atoms with Crippen molar-refractivity contribution in [1.82, 2.24) is 4.98 Å². The molecule has 2 heteroatoms. The average molecular weight is 162 g/mol. The molecule has 2 N–H and O–H groups in total. The summed E-state index contributed by atoms with van der Waals surface area (Å²) in [5, 5.41) is 0. The number of nitrogens with two attached hydrogens (primary N) is 1. The zero-order valence-electron chi connectivity index (χ0n) is 7.33. The first-order valence-corrected chi connectivity index (χ1v) is 4.03. The second kappa shape index (κ2) is 4.02. The first-order chi connectivity index (χ1) is 5.74. The Morgan fingerprint density at radius 2 is 2.50 bits per heavy atom. The van der Waals surface area contributed by atoms with E-state index in [0.717, 1.165) is 12.1 Å². The minimum Gasteiger partial charge on any atom is -0.322 e. The number of aryl methyl sites for hydroxylation is 1. The van der Waals surface area contributed by atoms with Crippen molar-refractivity contribution in [2.75, 3.05) is 0 Å². The minimum absolute atomic E-state index is 0.0117. The molecule has 0 aromatic carbocycles. The van der Waals surface area contributed by atoms with E-state index in [4.69, 9.17) is 5.73 Å². The number of hydrogen-bond acceptors (Lipinski definition) is 2. The van der Waals surface area contributed by atoms with Crippen LogP contribution in [0.3, 0.4) is 0 Å². The van der Waals surface area contributed by atoms with Crippen molar-refractivity contribution in [3.8, 4) is 0 Å². The molecule has 1 unspecified atom stereocenters. The molecule has 0 saturated carbocycles. The summed E-state index contributed by atoms with van der Waals surface area (Å²) in [4.78, 5) is 4.19. The lowest BCUT2D eigenvalue weighted by molar-refractivity contribution is 0.713. The molecule has 0 radical (unpaired) electrons. The highest BCUT2D eigenvalue weighted by Crippen LogP contribution is 2.12. The first-order valence-electron chi connectivity index (χ1n) is 4.03. The van der Waals surface area contributed by atoms with E-state index in [2.05, 4.69) is 11.6 Å². The van der Waals surface area contributed by atoms with Crippen LogP contribution in [0.15, 0.2) is 31.0 Å². The molecular formula is C10H14N2. The topological polar surface area (TPSA) is 38.9 Å². The fourth-order valence-electron chi connectivity index (χ4n) is 1.06. The Kier molecular flexibility index (Phi) is 3.00. The summed E-state index contributed by atoms with van der Waals surface area (Å²) in [7, 11) is 0. The van der Waals surface area contributed by atoms with E-state index in [9.17, 15) is 0 Å². The van der Waals surface area contributed by atoms with E-state index in [1.54, 1.807) is 6.20 Å². The molecule has 2 nitrogen and oxygen atoms in total. The van der Waals surface area contributed by atoms with Gasteiger partial charge in [0.25, 0.3) is 0 Å². The Hall–Kier alpha value is -1.15. The highest BCUT2D eigenvalue weighted by Gasteiger charge is 2.03. The fraction of sp³-hybridized carbons (Fsp3) is 0.300. The Balaban J connectivity index is 2.80. The zero-order chi connectivity index (χ0) is 8.97. The van der Waals surface area contributed by atoms with E-state index in [1.165, 1.54) is 5.56 Å². The third-order valence-electron chi connectivity index (χ3n) is 1.74. The second-order valence-corrected chi connectivity index (χ2v) is 2.89. The van der Waals surface area contributed by atoms with Gasteiger partial charge in [-0.25, -0.2) is 0 Å². The van der Waals surface area contributed by atoms with Crippen molar-refractivity contribution in [3.63, 3.8) is 0 Å². The number of nitrogens with zero attached hydrogens (tertiary/aromatic N) is 1. The summed E-state index contributed by atoms with van der Waals surface area (Å²) in [6, 6.07) is 3.96. The van der Waals surface area contributed by atoms with E-state index in [0.29, 0.717) is 0 Å². The van der Waals surface area contributed by atoms with Crippen molar-refractivity contribution >= 4 is 0 Å². The maximum atomic E-state index is 5.84. The minimum atomic E-state index is -0.0117. The predicted molar refractivity (Wildman–Crippen MR) is 50.7 cm³/mol. The van der Waals surface area contributed by atoms with Crippen LogP contribution in [-0.2, 0) is 0 Å². The van der Waals surface area contributed by atoms with Gasteiger partial charge in [0.15, 0.2) is 0 Å². The van der Waals surface area contributed by atoms with Crippen LogP contribution in [0.2, 0.25) is 0 Å². The first kappa shape index (κ1) is 8.94. The van der Waals surface area contributed by atoms with E-state index in [-0.39, 0.29) is 6.04 Å². The molecule has 0 aliphatic rings. The van der Waals surface area contributed by atoms with Gasteiger partial charge < -0.3 is 5.73 Å². The van der Waals surface area contributed by atoms with Gasteiger partial charge in [0.1, 0.15) is 0 Å². The molecule has 1 rings (SSSR count). The molecule has 64 valence electrons. The second-order valence-electron chi connectivity index (χ2n) is 2.89. The normalized spacial score (nSPS) is 12.5. The molecule has 0 aliphatic heterocycles. The lowest BCUT2D eigenvalue weighted by Crippen LogP contribution is -2.10. The van der Waals surface area contributed by atoms with Gasteiger partial charge in [-0.3, -0.25) is 4.98 Å². The fourth-order valence-corrected chi connectivity index (χ4v) is 1.06. The maximum Gasteiger partial charge on any atom is 0.0576 e. The number of aromatic nitrogens is 1. The van der Waals surface area contributed by atoms with Crippen molar-refractivity contribution in [2.24, 2.45) is 5.73 Å². The van der Waals surface area contributed by atoms with Gasteiger partial charge in [0.2, 0.25) is 0 Å². The van der Waals surface area contributed by atoms with Crippen LogP contribution in [0.4, 0.5) is 0 Å². The van der Waals surface area contributed by atoms with Crippen molar-refractivity contribution in [1.29, 1.82) is 0 Å². The van der Waals surface area contributed by atoms with Crippen LogP contribution >= 0.6 is 0 Å². The van der Waals surface area contributed by atoms with Crippen molar-refractivity contribution in [3.05, 3.63) is 42.2 Å². The smallest absolute Gasteiger partial charge is 0.0576 e. The van der Waals surface area contributed by atoms with Gasteiger partial charge in [-0.2, -0.15) is 0 Å². The molecule has 1 atom stereocenters. The predicted octanol–water partition coefficient (Wildman–Crippen LogP) is 1.97. The molecule has 12 heavy (non-hydrogen) atoms. The van der Waals surface area contributed by atoms with Crippen LogP contribution in [0.1, 0.15) is 23.7 Å². The van der Waals surface area contributed by atoms with Gasteiger partial charge in [-0.05, 0) is 31.0 Å². The molecule has 0 bridgehead atoms. The summed E-state index contributed by atoms with van der Waals surface area (Å²) < 4.78 is 0. The maximum absolute atomic E-state index is 5.84. The molecule has 1 aromatic heterocycles. The molecule has 0 aliphatic carbocycles. The van der Waals surface area contributed by atoms with Crippen LogP contribution in [-0.4, -0.2) is 4.98 Å². The van der Waals surface area contributed by atoms with E-state index >= 15 is 0 Å². The molecule has 1 aromatic rings. The van der Waals surface area contributed by atoms with Crippen LogP contribution < -0.4 is 5.73 Å². The number of rotatable bonds is 3. The van der Waals surface area contributed by atoms with Gasteiger partial charge in [-0.15, -0.1) is 6.58 Å². The zero-order valence-corrected chi connectivity index (χ0v) is 7.33. The highest BCUT2D eigenvalue weighted by molar-refractivity contribution is 5.17. The van der Waals surface area contributed by atoms with Crippen LogP contribution in [0.5, 0.6) is 0 Å². The third-order valence-corrected chi connectivity index (χ3v) is 1.74. The molecule has 0 spiro atoms. The van der Waals surface area contributed by atoms with Gasteiger partial charge >= 0.3 is 0 Å². The molecule has 0 fully saturated rings. The lowest BCUT2D eigenvalue weighted by atomic mass is 10.1. The van der Waals surface area contributed by atoms with E-state index in [1.807, 2.05) is 25.1 Å². The highest BCUT2D eigenvalue weighted by atomic mass is 14.8. The Morgan fingerprint density at radius 3 is 3.08 bits per heavy atom. The van der Waals surface area contributed by atoms with Gasteiger partial charge in [0, 0.05) is 6.20 Å². The molecule has 0 saturated heterocycles. The van der Waals surface area contributed by atoms with Crippen LogP contribution in [0.25, 0.3) is 0 Å². The summed E-state index contributed by atoms with van der Waals surface area (Å²) in [6.07, 6.45) is 4.37. The van der Waals surface area contributed by atoms with Gasteiger partial charge in [-0.1, -0.05) is 6.08 Å². The average Bonchev–Trinajstić information content (AvgIpc) is 2.05. The quantitative estimate of drug-likeness (QED) is 0.690. The Bertz CT molecular complexity index is 268. The summed E-state index contributed by atoms with van der Waals surface area (Å²) in [6.45, 7) is 5.67. The largest absolute Gasteiger partial charge is 0.322 e. The standard InChI is InChI=1S/C10H14N2/c1-3-4-9(11)10-7-8(2)5-6-12-10/h3,5-7,9H,1,4,11H2,2H3. The van der Waals surface area contributed by atoms with E-state index < -0.39 is 0 Å². The van der Waals surface area contributed by atoms with Gasteiger partial charge in [0.05, 0.1) is 11.7 Å². The summed E-state index contributed by atoms with van der Waals surface area (Å²) in [5.74, 6) is 0.